The summed E-state index contributed by atoms with van der Waals surface area (Å²) in [5.74, 6) is 0.612. The lowest BCUT2D eigenvalue weighted by Crippen LogP contribution is -2.02. The molecule has 1 aromatic heterocycles. The lowest BCUT2D eigenvalue weighted by Gasteiger charge is -2.06. The third-order valence-corrected chi connectivity index (χ3v) is 2.15. The number of rotatable bonds is 4. The first kappa shape index (κ1) is 11.5. The Morgan fingerprint density at radius 3 is 2.65 bits per heavy atom. The van der Waals surface area contributed by atoms with Crippen LogP contribution < -0.4 is 10.5 Å². The molecule has 0 fully saturated rings. The van der Waals surface area contributed by atoms with Crippen molar-refractivity contribution in [3.05, 3.63) is 53.9 Å². The predicted octanol–water partition coefficient (Wildman–Crippen LogP) is 1.65. The van der Waals surface area contributed by atoms with Crippen molar-refractivity contribution < 1.29 is 9.13 Å². The molecule has 0 bridgehead atoms. The molecular formula is C12H12FN3O. The number of hydrogen-bond acceptors (Lipinski definition) is 4. The summed E-state index contributed by atoms with van der Waals surface area (Å²) in [7, 11) is 0. The molecule has 4 nitrogen and oxygen atoms in total. The Hall–Kier alpha value is -2.01. The zero-order valence-electron chi connectivity index (χ0n) is 9.14. The van der Waals surface area contributed by atoms with Gasteiger partial charge in [0.15, 0.2) is 5.82 Å². The molecule has 17 heavy (non-hydrogen) atoms. The highest BCUT2D eigenvalue weighted by Gasteiger charge is 2.02. The number of benzene rings is 1. The molecule has 2 N–H and O–H groups in total. The van der Waals surface area contributed by atoms with Gasteiger partial charge in [-0.05, 0) is 23.8 Å². The van der Waals surface area contributed by atoms with Gasteiger partial charge in [-0.1, -0.05) is 0 Å². The van der Waals surface area contributed by atoms with Gasteiger partial charge >= 0.3 is 0 Å². The number of halogens is 1. The first-order valence-corrected chi connectivity index (χ1v) is 5.16. The van der Waals surface area contributed by atoms with Crippen LogP contribution in [0.3, 0.4) is 0 Å². The minimum Gasteiger partial charge on any atom is -0.485 e. The van der Waals surface area contributed by atoms with Crippen LogP contribution in [-0.4, -0.2) is 9.97 Å². The summed E-state index contributed by atoms with van der Waals surface area (Å²) in [6, 6.07) is 6.11. The van der Waals surface area contributed by atoms with Gasteiger partial charge in [0.1, 0.15) is 18.2 Å². The van der Waals surface area contributed by atoms with Gasteiger partial charge in [-0.25, -0.2) is 14.4 Å². The van der Waals surface area contributed by atoms with Crippen LogP contribution in [-0.2, 0) is 13.2 Å². The maximum Gasteiger partial charge on any atom is 0.166 e. The summed E-state index contributed by atoms with van der Waals surface area (Å²) in [5.41, 5.74) is 6.14. The lowest BCUT2D eigenvalue weighted by molar-refractivity contribution is 0.294. The van der Waals surface area contributed by atoms with E-state index in [2.05, 4.69) is 9.97 Å². The third-order valence-electron chi connectivity index (χ3n) is 2.15. The standard InChI is InChI=1S/C12H12FN3O/c13-10-4-9(7-14)5-11(6-10)17-8-12-15-2-1-3-16-12/h1-6H,7-8,14H2. The smallest absolute Gasteiger partial charge is 0.166 e. The fourth-order valence-electron chi connectivity index (χ4n) is 1.37. The Morgan fingerprint density at radius 2 is 1.94 bits per heavy atom. The van der Waals surface area contributed by atoms with E-state index < -0.39 is 0 Å². The van der Waals surface area contributed by atoms with Crippen molar-refractivity contribution in [3.63, 3.8) is 0 Å². The molecule has 0 aliphatic heterocycles. The Labute approximate surface area is 98.3 Å². The van der Waals surface area contributed by atoms with Crippen molar-refractivity contribution in [1.82, 2.24) is 9.97 Å². The second-order valence-corrected chi connectivity index (χ2v) is 3.45. The van der Waals surface area contributed by atoms with Crippen LogP contribution in [0.4, 0.5) is 4.39 Å². The molecule has 2 aromatic rings. The van der Waals surface area contributed by atoms with Crippen LogP contribution in [0.25, 0.3) is 0 Å². The van der Waals surface area contributed by atoms with Crippen molar-refractivity contribution in [1.29, 1.82) is 0 Å². The van der Waals surface area contributed by atoms with Gasteiger partial charge < -0.3 is 10.5 Å². The molecule has 88 valence electrons. The summed E-state index contributed by atoms with van der Waals surface area (Å²) in [6.45, 7) is 0.476. The van der Waals surface area contributed by atoms with Crippen molar-refractivity contribution in [2.45, 2.75) is 13.2 Å². The van der Waals surface area contributed by atoms with Crippen molar-refractivity contribution >= 4 is 0 Å². The molecule has 0 saturated carbocycles. The highest BCUT2D eigenvalue weighted by molar-refractivity contribution is 5.29. The second-order valence-electron chi connectivity index (χ2n) is 3.45. The highest BCUT2D eigenvalue weighted by Crippen LogP contribution is 2.16. The fraction of sp³-hybridized carbons (Fsp3) is 0.167. The zero-order valence-corrected chi connectivity index (χ0v) is 9.14. The minimum absolute atomic E-state index is 0.203. The first-order chi connectivity index (χ1) is 8.28. The highest BCUT2D eigenvalue weighted by atomic mass is 19.1. The molecule has 0 radical (unpaired) electrons. The van der Waals surface area contributed by atoms with Gasteiger partial charge in [0, 0.05) is 25.0 Å². The van der Waals surface area contributed by atoms with Crippen molar-refractivity contribution in [3.8, 4) is 5.75 Å². The topological polar surface area (TPSA) is 61.0 Å². The number of aromatic nitrogens is 2. The molecule has 0 unspecified atom stereocenters. The molecule has 5 heteroatoms. The maximum absolute atomic E-state index is 13.2. The second kappa shape index (κ2) is 5.36. The van der Waals surface area contributed by atoms with Crippen molar-refractivity contribution in [2.75, 3.05) is 0 Å². The summed E-state index contributed by atoms with van der Waals surface area (Å²) in [6.07, 6.45) is 3.26. The first-order valence-electron chi connectivity index (χ1n) is 5.16. The number of nitrogens with two attached hydrogens (primary N) is 1. The molecule has 0 atom stereocenters. The Balaban J connectivity index is 2.06. The zero-order chi connectivity index (χ0) is 12.1. The van der Waals surface area contributed by atoms with Crippen LogP contribution in [0.2, 0.25) is 0 Å². The van der Waals surface area contributed by atoms with E-state index in [9.17, 15) is 4.39 Å². The summed E-state index contributed by atoms with van der Waals surface area (Å²) in [5, 5.41) is 0. The van der Waals surface area contributed by atoms with E-state index in [1.54, 1.807) is 24.5 Å². The molecule has 0 aliphatic rings. The average Bonchev–Trinajstić information content (AvgIpc) is 2.37. The van der Waals surface area contributed by atoms with E-state index in [-0.39, 0.29) is 19.0 Å². The summed E-state index contributed by atoms with van der Waals surface area (Å²) < 4.78 is 18.6. The normalized spacial score (nSPS) is 10.2. The molecular weight excluding hydrogens is 221 g/mol. The molecule has 2 rings (SSSR count). The summed E-state index contributed by atoms with van der Waals surface area (Å²) >= 11 is 0. The van der Waals surface area contributed by atoms with Crippen LogP contribution in [0.1, 0.15) is 11.4 Å². The van der Waals surface area contributed by atoms with Gasteiger partial charge in [-0.15, -0.1) is 0 Å². The van der Waals surface area contributed by atoms with Crippen LogP contribution in [0.15, 0.2) is 36.7 Å². The molecule has 0 saturated heterocycles. The Kier molecular flexibility index (Phi) is 3.62. The molecule has 0 aliphatic carbocycles. The van der Waals surface area contributed by atoms with E-state index in [4.69, 9.17) is 10.5 Å². The quantitative estimate of drug-likeness (QED) is 0.872. The minimum atomic E-state index is -0.364. The van der Waals surface area contributed by atoms with E-state index in [1.807, 2.05) is 0 Å². The number of hydrogen-bond donors (Lipinski definition) is 1. The number of nitrogens with zero attached hydrogens (tertiary/aromatic N) is 2. The molecule has 0 spiro atoms. The van der Waals surface area contributed by atoms with E-state index in [0.717, 1.165) is 0 Å². The van der Waals surface area contributed by atoms with Crippen LogP contribution in [0, 0.1) is 5.82 Å². The lowest BCUT2D eigenvalue weighted by atomic mass is 10.2. The third kappa shape index (κ3) is 3.22. The van der Waals surface area contributed by atoms with Gasteiger partial charge in [0.2, 0.25) is 0 Å². The van der Waals surface area contributed by atoms with Gasteiger partial charge in [0.05, 0.1) is 0 Å². The molecule has 1 aromatic carbocycles. The maximum atomic E-state index is 13.2. The SMILES string of the molecule is NCc1cc(F)cc(OCc2ncccn2)c1. The number of ether oxygens (including phenoxy) is 1. The largest absolute Gasteiger partial charge is 0.485 e. The van der Waals surface area contributed by atoms with Crippen molar-refractivity contribution in [2.24, 2.45) is 5.73 Å². The van der Waals surface area contributed by atoms with E-state index in [1.165, 1.54) is 12.1 Å². The monoisotopic (exact) mass is 233 g/mol. The van der Waals surface area contributed by atoms with E-state index in [0.29, 0.717) is 17.1 Å². The molecule has 0 amide bonds. The Bertz CT molecular complexity index is 490. The van der Waals surface area contributed by atoms with E-state index >= 15 is 0 Å². The van der Waals surface area contributed by atoms with Gasteiger partial charge in [-0.3, -0.25) is 0 Å². The van der Waals surface area contributed by atoms with Gasteiger partial charge in [-0.2, -0.15) is 0 Å². The van der Waals surface area contributed by atoms with Crippen LogP contribution in [0.5, 0.6) is 5.75 Å². The summed E-state index contributed by atoms with van der Waals surface area (Å²) in [4.78, 5) is 8.01. The molecule has 1 heterocycles. The Morgan fingerprint density at radius 1 is 1.18 bits per heavy atom. The average molecular weight is 233 g/mol. The van der Waals surface area contributed by atoms with Crippen LogP contribution >= 0.6 is 0 Å². The fourth-order valence-corrected chi connectivity index (χ4v) is 1.37. The predicted molar refractivity (Wildman–Crippen MR) is 60.7 cm³/mol. The van der Waals surface area contributed by atoms with Gasteiger partial charge in [0.25, 0.3) is 0 Å².